The molecule has 0 saturated heterocycles. The van der Waals surface area contributed by atoms with Crippen LogP contribution in [0.25, 0.3) is 0 Å². The van der Waals surface area contributed by atoms with Gasteiger partial charge in [0.15, 0.2) is 0 Å². The molecule has 0 aromatic carbocycles. The van der Waals surface area contributed by atoms with Crippen molar-refractivity contribution >= 4 is 5.97 Å². The van der Waals surface area contributed by atoms with Gasteiger partial charge in [-0.1, -0.05) is 56.1 Å². The summed E-state index contributed by atoms with van der Waals surface area (Å²) in [4.78, 5) is 11.5. The molecule has 3 heteroatoms. The zero-order chi connectivity index (χ0) is 17.3. The zero-order valence-electron chi connectivity index (χ0n) is 14.6. The highest BCUT2D eigenvalue weighted by Gasteiger charge is 2.08. The van der Waals surface area contributed by atoms with Crippen LogP contribution in [-0.2, 0) is 4.74 Å². The number of rotatable bonds is 14. The van der Waals surface area contributed by atoms with Crippen LogP contribution in [0.2, 0.25) is 0 Å². The van der Waals surface area contributed by atoms with Crippen molar-refractivity contribution in [2.45, 2.75) is 57.8 Å². The fraction of sp³-hybridized carbons (Fsp3) is 0.476. The van der Waals surface area contributed by atoms with Crippen LogP contribution in [0.3, 0.4) is 0 Å². The van der Waals surface area contributed by atoms with Crippen molar-refractivity contribution in [1.29, 1.82) is 0 Å². The van der Waals surface area contributed by atoms with Crippen LogP contribution in [-0.4, -0.2) is 12.6 Å². The van der Waals surface area contributed by atoms with Crippen molar-refractivity contribution in [2.24, 2.45) is 0 Å². The van der Waals surface area contributed by atoms with Crippen molar-refractivity contribution in [3.05, 3.63) is 61.1 Å². The first-order chi connectivity index (χ1) is 11.8. The molecule has 1 heterocycles. The molecule has 0 saturated carbocycles. The largest absolute Gasteiger partial charge is 0.460 e. The van der Waals surface area contributed by atoms with E-state index in [9.17, 15) is 4.79 Å². The van der Waals surface area contributed by atoms with Gasteiger partial charge >= 0.3 is 5.97 Å². The Bertz CT molecular complexity index is 483. The SMILES string of the molecule is C=CCC=CCC=CCCCCCCCCOC(=O)c1ccco1. The standard InChI is InChI=1S/C21H30O3/c1-2-3-4-5-6-7-8-9-10-11-12-13-14-15-18-24-21(22)20-17-16-19-23-20/h2,4-5,7-8,16-17,19H,1,3,6,9-15,18H2. The molecule has 1 aromatic heterocycles. The van der Waals surface area contributed by atoms with Crippen LogP contribution in [0.1, 0.15) is 68.3 Å². The Morgan fingerprint density at radius 1 is 1.00 bits per heavy atom. The Morgan fingerprint density at radius 2 is 1.71 bits per heavy atom. The van der Waals surface area contributed by atoms with E-state index in [2.05, 4.69) is 30.9 Å². The van der Waals surface area contributed by atoms with Crippen molar-refractivity contribution in [2.75, 3.05) is 6.61 Å². The highest BCUT2D eigenvalue weighted by atomic mass is 16.5. The number of hydrogen-bond donors (Lipinski definition) is 0. The topological polar surface area (TPSA) is 39.4 Å². The Morgan fingerprint density at radius 3 is 2.46 bits per heavy atom. The summed E-state index contributed by atoms with van der Waals surface area (Å²) in [6.07, 6.45) is 22.3. The number of unbranched alkanes of at least 4 members (excludes halogenated alkanes) is 6. The molecule has 0 unspecified atom stereocenters. The van der Waals surface area contributed by atoms with Gasteiger partial charge in [0.25, 0.3) is 0 Å². The van der Waals surface area contributed by atoms with Crippen molar-refractivity contribution < 1.29 is 13.9 Å². The predicted molar refractivity (Wildman–Crippen MR) is 99.0 cm³/mol. The highest BCUT2D eigenvalue weighted by molar-refractivity contribution is 5.86. The first-order valence-corrected chi connectivity index (χ1v) is 8.96. The molecule has 0 aliphatic carbocycles. The van der Waals surface area contributed by atoms with Crippen LogP contribution in [0, 0.1) is 0 Å². The van der Waals surface area contributed by atoms with Gasteiger partial charge in [0, 0.05) is 0 Å². The number of allylic oxidation sites excluding steroid dienone is 5. The van der Waals surface area contributed by atoms with Gasteiger partial charge < -0.3 is 9.15 Å². The van der Waals surface area contributed by atoms with E-state index in [1.807, 2.05) is 6.08 Å². The third kappa shape index (κ3) is 10.7. The van der Waals surface area contributed by atoms with E-state index < -0.39 is 0 Å². The smallest absolute Gasteiger partial charge is 0.374 e. The molecule has 132 valence electrons. The quantitative estimate of drug-likeness (QED) is 0.230. The molecule has 1 rings (SSSR count). The van der Waals surface area contributed by atoms with Crippen LogP contribution < -0.4 is 0 Å². The third-order valence-electron chi connectivity index (χ3n) is 3.63. The Labute approximate surface area is 146 Å². The third-order valence-corrected chi connectivity index (χ3v) is 3.63. The monoisotopic (exact) mass is 330 g/mol. The Hall–Kier alpha value is -2.03. The summed E-state index contributed by atoms with van der Waals surface area (Å²) in [6.45, 7) is 4.16. The summed E-state index contributed by atoms with van der Waals surface area (Å²) < 4.78 is 10.1. The molecule has 0 atom stereocenters. The average Bonchev–Trinajstić information content (AvgIpc) is 3.13. The Balaban J connectivity index is 1.83. The second-order valence-corrected chi connectivity index (χ2v) is 5.73. The van der Waals surface area contributed by atoms with E-state index in [1.165, 1.54) is 31.9 Å². The van der Waals surface area contributed by atoms with Gasteiger partial charge in [-0.3, -0.25) is 0 Å². The summed E-state index contributed by atoms with van der Waals surface area (Å²) in [5.41, 5.74) is 0. The molecular formula is C21H30O3. The first-order valence-electron chi connectivity index (χ1n) is 8.96. The summed E-state index contributed by atoms with van der Waals surface area (Å²) >= 11 is 0. The predicted octanol–water partition coefficient (Wildman–Crippen LogP) is 6.25. The number of hydrogen-bond acceptors (Lipinski definition) is 3. The lowest BCUT2D eigenvalue weighted by Gasteiger charge is -2.03. The molecular weight excluding hydrogens is 300 g/mol. The van der Waals surface area contributed by atoms with Crippen molar-refractivity contribution in [1.82, 2.24) is 0 Å². The van der Waals surface area contributed by atoms with Crippen LogP contribution in [0.5, 0.6) is 0 Å². The van der Waals surface area contributed by atoms with Crippen LogP contribution in [0.4, 0.5) is 0 Å². The van der Waals surface area contributed by atoms with Gasteiger partial charge in [0.05, 0.1) is 12.9 Å². The van der Waals surface area contributed by atoms with Crippen molar-refractivity contribution in [3.63, 3.8) is 0 Å². The van der Waals surface area contributed by atoms with E-state index in [0.717, 1.165) is 32.1 Å². The molecule has 0 aliphatic rings. The lowest BCUT2D eigenvalue weighted by molar-refractivity contribution is 0.0461. The molecule has 0 amide bonds. The second kappa shape index (κ2) is 14.6. The molecule has 1 aromatic rings. The van der Waals surface area contributed by atoms with Gasteiger partial charge in [-0.25, -0.2) is 4.79 Å². The number of esters is 1. The summed E-state index contributed by atoms with van der Waals surface area (Å²) in [7, 11) is 0. The molecule has 3 nitrogen and oxygen atoms in total. The van der Waals surface area contributed by atoms with E-state index in [0.29, 0.717) is 6.61 Å². The lowest BCUT2D eigenvalue weighted by atomic mass is 10.1. The minimum Gasteiger partial charge on any atom is -0.460 e. The first kappa shape index (κ1) is 20.0. The molecule has 0 bridgehead atoms. The van der Waals surface area contributed by atoms with Gasteiger partial charge in [-0.15, -0.1) is 6.58 Å². The van der Waals surface area contributed by atoms with Crippen LogP contribution in [0.15, 0.2) is 59.8 Å². The minimum absolute atomic E-state index is 0.277. The molecule has 0 aliphatic heterocycles. The van der Waals surface area contributed by atoms with Crippen LogP contribution >= 0.6 is 0 Å². The number of carbonyl (C=O) groups excluding carboxylic acids is 1. The van der Waals surface area contributed by atoms with Gasteiger partial charge in [0.2, 0.25) is 5.76 Å². The van der Waals surface area contributed by atoms with E-state index in [4.69, 9.17) is 9.15 Å². The summed E-state index contributed by atoms with van der Waals surface area (Å²) in [5, 5.41) is 0. The highest BCUT2D eigenvalue weighted by Crippen LogP contribution is 2.09. The maximum absolute atomic E-state index is 11.5. The maximum Gasteiger partial charge on any atom is 0.374 e. The summed E-state index contributed by atoms with van der Waals surface area (Å²) in [5.74, 6) is -0.0922. The molecule has 24 heavy (non-hydrogen) atoms. The van der Waals surface area contributed by atoms with Gasteiger partial charge in [-0.05, 0) is 44.2 Å². The molecule has 0 fully saturated rings. The fourth-order valence-electron chi connectivity index (χ4n) is 2.28. The molecule has 0 N–H and O–H groups in total. The number of furan rings is 1. The molecule has 0 radical (unpaired) electrons. The number of ether oxygens (including phenoxy) is 1. The molecule has 0 spiro atoms. The fourth-order valence-corrected chi connectivity index (χ4v) is 2.28. The number of carbonyl (C=O) groups is 1. The Kier molecular flexibility index (Phi) is 12.1. The van der Waals surface area contributed by atoms with E-state index in [-0.39, 0.29) is 11.7 Å². The minimum atomic E-state index is -0.369. The maximum atomic E-state index is 11.5. The van der Waals surface area contributed by atoms with E-state index >= 15 is 0 Å². The lowest BCUT2D eigenvalue weighted by Crippen LogP contribution is -2.05. The second-order valence-electron chi connectivity index (χ2n) is 5.73. The van der Waals surface area contributed by atoms with Gasteiger partial charge in [-0.2, -0.15) is 0 Å². The van der Waals surface area contributed by atoms with Crippen molar-refractivity contribution in [3.8, 4) is 0 Å². The normalized spacial score (nSPS) is 11.3. The average molecular weight is 330 g/mol. The van der Waals surface area contributed by atoms with Gasteiger partial charge in [0.1, 0.15) is 0 Å². The summed E-state index contributed by atoms with van der Waals surface area (Å²) in [6, 6.07) is 3.31. The van der Waals surface area contributed by atoms with E-state index in [1.54, 1.807) is 12.1 Å². The zero-order valence-corrected chi connectivity index (χ0v) is 14.6.